The normalized spacial score (nSPS) is 13.2. The molecule has 0 radical (unpaired) electrons. The largest absolute Gasteiger partial charge is 0.467 e. The number of hydrogen-bond donors (Lipinski definition) is 1. The van der Waals surface area contributed by atoms with Crippen molar-refractivity contribution in [2.45, 2.75) is 19.1 Å². The van der Waals surface area contributed by atoms with Gasteiger partial charge in [0.15, 0.2) is 0 Å². The Morgan fingerprint density at radius 2 is 1.95 bits per heavy atom. The molecule has 0 bridgehead atoms. The molecular weight excluding hydrogens is 361 g/mol. The van der Waals surface area contributed by atoms with Crippen LogP contribution in [-0.4, -0.2) is 29.1 Å². The Kier molecular flexibility index (Phi) is 6.07. The Morgan fingerprint density at radius 3 is 2.47 bits per heavy atom. The number of halogens is 1. The van der Waals surface area contributed by atoms with Crippen LogP contribution in [0.1, 0.15) is 12.5 Å². The standard InChI is InChI=1S/C13H16INO4/c1-13(9-14,11(16)18-2)15-12(17)19-8-10-6-4-3-5-7-10/h3-7H,8-9H2,1-2H3,(H,15,17)/t13-/m0/s1. The molecule has 104 valence electrons. The minimum Gasteiger partial charge on any atom is -0.467 e. The van der Waals surface area contributed by atoms with Crippen LogP contribution >= 0.6 is 22.6 Å². The first-order valence-corrected chi connectivity index (χ1v) is 7.17. The number of hydrogen-bond acceptors (Lipinski definition) is 4. The Morgan fingerprint density at radius 1 is 1.32 bits per heavy atom. The zero-order chi connectivity index (χ0) is 14.3. The second kappa shape index (κ2) is 7.32. The van der Waals surface area contributed by atoms with E-state index < -0.39 is 17.6 Å². The zero-order valence-corrected chi connectivity index (χ0v) is 13.0. The van der Waals surface area contributed by atoms with E-state index in [-0.39, 0.29) is 6.61 Å². The molecule has 0 aromatic heterocycles. The molecule has 0 fully saturated rings. The van der Waals surface area contributed by atoms with Crippen molar-refractivity contribution in [2.75, 3.05) is 11.5 Å². The number of alkyl halides is 1. The maximum atomic E-state index is 11.7. The van der Waals surface area contributed by atoms with Gasteiger partial charge in [-0.05, 0) is 12.5 Å². The van der Waals surface area contributed by atoms with Crippen LogP contribution in [0.4, 0.5) is 4.79 Å². The van der Waals surface area contributed by atoms with Crippen molar-refractivity contribution in [1.82, 2.24) is 5.32 Å². The summed E-state index contributed by atoms with van der Waals surface area (Å²) in [5.74, 6) is -0.501. The van der Waals surface area contributed by atoms with E-state index >= 15 is 0 Å². The lowest BCUT2D eigenvalue weighted by molar-refractivity contribution is -0.146. The van der Waals surface area contributed by atoms with Crippen molar-refractivity contribution < 1.29 is 19.1 Å². The first-order chi connectivity index (χ1) is 9.01. The van der Waals surface area contributed by atoms with Crippen LogP contribution in [0.3, 0.4) is 0 Å². The second-order valence-corrected chi connectivity index (χ2v) is 4.91. The van der Waals surface area contributed by atoms with E-state index in [1.807, 2.05) is 52.9 Å². The van der Waals surface area contributed by atoms with Gasteiger partial charge < -0.3 is 14.8 Å². The van der Waals surface area contributed by atoms with Gasteiger partial charge in [0, 0.05) is 4.43 Å². The molecule has 1 rings (SSSR count). The van der Waals surface area contributed by atoms with Crippen LogP contribution in [0.5, 0.6) is 0 Å². The number of alkyl carbamates (subject to hydrolysis) is 1. The topological polar surface area (TPSA) is 64.6 Å². The highest BCUT2D eigenvalue weighted by Crippen LogP contribution is 2.11. The zero-order valence-electron chi connectivity index (χ0n) is 10.8. The quantitative estimate of drug-likeness (QED) is 0.486. The lowest BCUT2D eigenvalue weighted by Crippen LogP contribution is -2.54. The fourth-order valence-electron chi connectivity index (χ4n) is 1.35. The number of nitrogens with one attached hydrogen (secondary N) is 1. The molecule has 6 heteroatoms. The first kappa shape index (κ1) is 15.7. The number of methoxy groups -OCH3 is 1. The monoisotopic (exact) mass is 377 g/mol. The van der Waals surface area contributed by atoms with Crippen LogP contribution < -0.4 is 5.32 Å². The molecule has 0 unspecified atom stereocenters. The highest BCUT2D eigenvalue weighted by atomic mass is 127. The summed E-state index contributed by atoms with van der Waals surface area (Å²) in [5.41, 5.74) is -0.199. The molecule has 0 aliphatic heterocycles. The minimum absolute atomic E-state index is 0.158. The maximum absolute atomic E-state index is 11.7. The lowest BCUT2D eigenvalue weighted by atomic mass is 10.1. The molecule has 0 heterocycles. The van der Waals surface area contributed by atoms with Crippen LogP contribution in [0, 0.1) is 0 Å². The number of esters is 1. The van der Waals surface area contributed by atoms with E-state index in [0.29, 0.717) is 4.43 Å². The van der Waals surface area contributed by atoms with Gasteiger partial charge in [0.25, 0.3) is 0 Å². The smallest absolute Gasteiger partial charge is 0.408 e. The van der Waals surface area contributed by atoms with Gasteiger partial charge in [0.1, 0.15) is 12.1 Å². The van der Waals surface area contributed by atoms with E-state index in [4.69, 9.17) is 4.74 Å². The fourth-order valence-corrected chi connectivity index (χ4v) is 1.85. The summed E-state index contributed by atoms with van der Waals surface area (Å²) in [5, 5.41) is 2.52. The predicted molar refractivity (Wildman–Crippen MR) is 79.1 cm³/mol. The Hall–Kier alpha value is -1.31. The van der Waals surface area contributed by atoms with Gasteiger partial charge in [-0.3, -0.25) is 0 Å². The van der Waals surface area contributed by atoms with Gasteiger partial charge in [-0.15, -0.1) is 0 Å². The van der Waals surface area contributed by atoms with Crippen LogP contribution in [0.15, 0.2) is 30.3 Å². The molecule has 1 aromatic carbocycles. The fraction of sp³-hybridized carbons (Fsp3) is 0.385. The second-order valence-electron chi connectivity index (χ2n) is 4.14. The van der Waals surface area contributed by atoms with Gasteiger partial charge >= 0.3 is 12.1 Å². The van der Waals surface area contributed by atoms with Gasteiger partial charge in [-0.2, -0.15) is 0 Å². The summed E-state index contributed by atoms with van der Waals surface area (Å²) < 4.78 is 10.1. The number of amides is 1. The Labute approximate surface area is 125 Å². The highest BCUT2D eigenvalue weighted by Gasteiger charge is 2.35. The summed E-state index contributed by atoms with van der Waals surface area (Å²) in [4.78, 5) is 23.2. The van der Waals surface area contributed by atoms with Crippen LogP contribution in [0.25, 0.3) is 0 Å². The summed E-state index contributed by atoms with van der Waals surface area (Å²) in [7, 11) is 1.28. The average Bonchev–Trinajstić information content (AvgIpc) is 2.45. The van der Waals surface area contributed by atoms with E-state index in [2.05, 4.69) is 10.1 Å². The molecule has 0 saturated heterocycles. The molecule has 0 saturated carbocycles. The summed E-state index contributed by atoms with van der Waals surface area (Å²) >= 11 is 2.01. The van der Waals surface area contributed by atoms with Crippen LogP contribution in [0.2, 0.25) is 0 Å². The third-order valence-corrected chi connectivity index (χ3v) is 4.02. The summed E-state index contributed by atoms with van der Waals surface area (Å²) in [6.45, 7) is 1.75. The van der Waals surface area contributed by atoms with E-state index in [1.54, 1.807) is 6.92 Å². The maximum Gasteiger partial charge on any atom is 0.408 e. The molecule has 1 atom stereocenters. The average molecular weight is 377 g/mol. The minimum atomic E-state index is -1.08. The molecule has 0 aliphatic carbocycles. The highest BCUT2D eigenvalue weighted by molar-refractivity contribution is 14.1. The van der Waals surface area contributed by atoms with Gasteiger partial charge in [-0.25, -0.2) is 9.59 Å². The van der Waals surface area contributed by atoms with E-state index in [9.17, 15) is 9.59 Å². The van der Waals surface area contributed by atoms with E-state index in [1.165, 1.54) is 7.11 Å². The molecule has 19 heavy (non-hydrogen) atoms. The number of carbonyl (C=O) groups excluding carboxylic acids is 2. The molecule has 1 amide bonds. The van der Waals surface area contributed by atoms with Gasteiger partial charge in [0.05, 0.1) is 7.11 Å². The van der Waals surface area contributed by atoms with Crippen molar-refractivity contribution in [1.29, 1.82) is 0 Å². The molecule has 1 N–H and O–H groups in total. The Bertz CT molecular complexity index is 438. The SMILES string of the molecule is COC(=O)[C@](C)(CI)NC(=O)OCc1ccccc1. The number of carbonyl (C=O) groups is 2. The number of rotatable bonds is 5. The van der Waals surface area contributed by atoms with Crippen LogP contribution in [-0.2, 0) is 20.9 Å². The first-order valence-electron chi connectivity index (χ1n) is 5.65. The predicted octanol–water partition coefficient (Wildman–Crippen LogP) is 2.28. The van der Waals surface area contributed by atoms with Crippen molar-refractivity contribution in [3.63, 3.8) is 0 Å². The van der Waals surface area contributed by atoms with Gasteiger partial charge in [-0.1, -0.05) is 52.9 Å². The third-order valence-electron chi connectivity index (χ3n) is 2.49. The van der Waals surface area contributed by atoms with Gasteiger partial charge in [0.2, 0.25) is 0 Å². The summed E-state index contributed by atoms with van der Waals surface area (Å²) in [6.07, 6.45) is -0.645. The molecular formula is C13H16INO4. The number of benzene rings is 1. The molecule has 0 spiro atoms. The Balaban J connectivity index is 2.52. The van der Waals surface area contributed by atoms with Crippen molar-refractivity contribution in [3.05, 3.63) is 35.9 Å². The summed E-state index contributed by atoms with van der Waals surface area (Å²) in [6, 6.07) is 9.31. The molecule has 1 aromatic rings. The lowest BCUT2D eigenvalue weighted by Gasteiger charge is -2.25. The third kappa shape index (κ3) is 4.70. The molecule has 5 nitrogen and oxygen atoms in total. The van der Waals surface area contributed by atoms with Crippen molar-refractivity contribution >= 4 is 34.7 Å². The van der Waals surface area contributed by atoms with Crippen molar-refractivity contribution in [2.24, 2.45) is 0 Å². The number of ether oxygens (including phenoxy) is 2. The molecule has 0 aliphatic rings. The van der Waals surface area contributed by atoms with Crippen molar-refractivity contribution in [3.8, 4) is 0 Å². The van der Waals surface area contributed by atoms with E-state index in [0.717, 1.165) is 5.56 Å².